The molecular weight excluding hydrogens is 166 g/mol. The van der Waals surface area contributed by atoms with E-state index in [9.17, 15) is 5.21 Å². The van der Waals surface area contributed by atoms with Crippen molar-refractivity contribution in [3.8, 4) is 0 Å². The summed E-state index contributed by atoms with van der Waals surface area (Å²) in [5.74, 6) is 0. The van der Waals surface area contributed by atoms with Gasteiger partial charge in [-0.2, -0.15) is 0 Å². The summed E-state index contributed by atoms with van der Waals surface area (Å²) >= 11 is 0. The maximum absolute atomic E-state index is 11.0. The van der Waals surface area contributed by atoms with Gasteiger partial charge < -0.3 is 4.84 Å². The Labute approximate surface area is 76.8 Å². The van der Waals surface area contributed by atoms with Crippen LogP contribution in [-0.2, 0) is 4.84 Å². The van der Waals surface area contributed by atoms with E-state index in [-0.39, 0.29) is 6.10 Å². The standard InChI is InChI=1S/C10H11NO2/c1-8-7-10(13-11(8)12)9-5-3-2-4-6-9/h2-6,10H,7H2,1H3. The van der Waals surface area contributed by atoms with Crippen LogP contribution in [0.2, 0.25) is 0 Å². The minimum atomic E-state index is -0.0984. The van der Waals surface area contributed by atoms with Crippen LogP contribution >= 0.6 is 0 Å². The van der Waals surface area contributed by atoms with Crippen molar-refractivity contribution < 1.29 is 9.74 Å². The molecule has 0 fully saturated rings. The van der Waals surface area contributed by atoms with Gasteiger partial charge in [0, 0.05) is 11.8 Å². The van der Waals surface area contributed by atoms with E-state index < -0.39 is 0 Å². The van der Waals surface area contributed by atoms with Gasteiger partial charge in [0.15, 0.2) is 0 Å². The van der Waals surface area contributed by atoms with Crippen LogP contribution in [0.3, 0.4) is 0 Å². The van der Waals surface area contributed by atoms with Crippen LogP contribution < -0.4 is 0 Å². The molecule has 0 saturated heterocycles. The van der Waals surface area contributed by atoms with Crippen molar-refractivity contribution in [3.05, 3.63) is 41.1 Å². The summed E-state index contributed by atoms with van der Waals surface area (Å²) in [6.45, 7) is 1.79. The monoisotopic (exact) mass is 177 g/mol. The number of hydrogen-bond donors (Lipinski definition) is 0. The summed E-state index contributed by atoms with van der Waals surface area (Å²) in [6.07, 6.45) is 0.590. The Balaban J connectivity index is 2.16. The molecule has 1 atom stereocenters. The van der Waals surface area contributed by atoms with Gasteiger partial charge in [0.1, 0.15) is 6.10 Å². The molecule has 0 bridgehead atoms. The van der Waals surface area contributed by atoms with E-state index in [0.717, 1.165) is 11.3 Å². The van der Waals surface area contributed by atoms with Gasteiger partial charge in [0.05, 0.1) is 6.42 Å². The molecule has 1 unspecified atom stereocenters. The lowest BCUT2D eigenvalue weighted by Crippen LogP contribution is -2.02. The molecule has 0 saturated carbocycles. The number of benzene rings is 1. The fraction of sp³-hybridized carbons (Fsp3) is 0.300. The maximum Gasteiger partial charge on any atom is 0.220 e. The van der Waals surface area contributed by atoms with Gasteiger partial charge in [-0.3, -0.25) is 5.21 Å². The summed E-state index contributed by atoms with van der Waals surface area (Å²) < 4.78 is 0. The molecule has 13 heavy (non-hydrogen) atoms. The molecule has 1 aliphatic rings. The van der Waals surface area contributed by atoms with Crippen LogP contribution in [0.4, 0.5) is 0 Å². The van der Waals surface area contributed by atoms with E-state index in [1.54, 1.807) is 6.92 Å². The lowest BCUT2D eigenvalue weighted by molar-refractivity contribution is -0.743. The first kappa shape index (κ1) is 8.10. The van der Waals surface area contributed by atoms with E-state index in [4.69, 9.17) is 4.84 Å². The highest BCUT2D eigenvalue weighted by atomic mass is 16.9. The average Bonchev–Trinajstić information content (AvgIpc) is 2.49. The lowest BCUT2D eigenvalue weighted by Gasteiger charge is -2.10. The Morgan fingerprint density at radius 3 is 2.62 bits per heavy atom. The summed E-state index contributed by atoms with van der Waals surface area (Å²) in [6, 6.07) is 9.78. The molecule has 1 heterocycles. The summed E-state index contributed by atoms with van der Waals surface area (Å²) in [4.78, 5) is 5.71. The molecule has 0 spiro atoms. The molecule has 68 valence electrons. The van der Waals surface area contributed by atoms with Crippen LogP contribution in [0.1, 0.15) is 25.0 Å². The number of hydrogen-bond acceptors (Lipinski definition) is 2. The van der Waals surface area contributed by atoms with Gasteiger partial charge in [0.2, 0.25) is 5.71 Å². The van der Waals surface area contributed by atoms with Crippen molar-refractivity contribution in [2.45, 2.75) is 19.4 Å². The highest BCUT2D eigenvalue weighted by Gasteiger charge is 2.24. The van der Waals surface area contributed by atoms with Gasteiger partial charge >= 0.3 is 0 Å². The van der Waals surface area contributed by atoms with Crippen LogP contribution in [-0.4, -0.2) is 10.6 Å². The zero-order valence-corrected chi connectivity index (χ0v) is 7.43. The molecule has 1 aromatic carbocycles. The van der Waals surface area contributed by atoms with Crippen molar-refractivity contribution in [1.82, 2.24) is 0 Å². The highest BCUT2D eigenvalue weighted by molar-refractivity contribution is 5.78. The van der Waals surface area contributed by atoms with Gasteiger partial charge in [0.25, 0.3) is 0 Å². The minimum Gasteiger partial charge on any atom is -0.395 e. The van der Waals surface area contributed by atoms with Crippen LogP contribution in [0, 0.1) is 5.21 Å². The third-order valence-electron chi connectivity index (χ3n) is 2.19. The Bertz CT molecular complexity index is 318. The van der Waals surface area contributed by atoms with E-state index in [2.05, 4.69) is 0 Å². The van der Waals surface area contributed by atoms with Crippen molar-refractivity contribution in [2.24, 2.45) is 0 Å². The smallest absolute Gasteiger partial charge is 0.220 e. The molecule has 2 rings (SSSR count). The second-order valence-electron chi connectivity index (χ2n) is 3.20. The fourth-order valence-electron chi connectivity index (χ4n) is 1.43. The molecule has 0 amide bonds. The van der Waals surface area contributed by atoms with E-state index in [1.165, 1.54) is 0 Å². The topological polar surface area (TPSA) is 35.3 Å². The van der Waals surface area contributed by atoms with Crippen LogP contribution in [0.5, 0.6) is 0 Å². The average molecular weight is 177 g/mol. The van der Waals surface area contributed by atoms with Crippen molar-refractivity contribution >= 4 is 5.71 Å². The molecule has 1 aromatic rings. The third kappa shape index (κ3) is 1.49. The van der Waals surface area contributed by atoms with Crippen LogP contribution in [0.15, 0.2) is 30.3 Å². The molecule has 1 aliphatic heterocycles. The molecule has 0 aromatic heterocycles. The number of nitrogens with zero attached hydrogens (tertiary/aromatic N) is 1. The number of rotatable bonds is 1. The molecule has 0 radical (unpaired) electrons. The first-order valence-electron chi connectivity index (χ1n) is 4.29. The largest absolute Gasteiger partial charge is 0.395 e. The van der Waals surface area contributed by atoms with Crippen molar-refractivity contribution in [1.29, 1.82) is 0 Å². The van der Waals surface area contributed by atoms with E-state index in [0.29, 0.717) is 11.3 Å². The Morgan fingerprint density at radius 2 is 2.08 bits per heavy atom. The highest BCUT2D eigenvalue weighted by Crippen LogP contribution is 2.25. The van der Waals surface area contributed by atoms with Gasteiger partial charge in [-0.15, -0.1) is 0 Å². The first-order valence-corrected chi connectivity index (χ1v) is 4.29. The lowest BCUT2D eigenvalue weighted by atomic mass is 10.1. The summed E-state index contributed by atoms with van der Waals surface area (Å²) in [7, 11) is 0. The van der Waals surface area contributed by atoms with Crippen molar-refractivity contribution in [3.63, 3.8) is 0 Å². The predicted molar refractivity (Wildman–Crippen MR) is 49.2 cm³/mol. The quantitative estimate of drug-likeness (QED) is 0.615. The molecule has 3 heteroatoms. The Hall–Kier alpha value is -1.51. The normalized spacial score (nSPS) is 21.8. The van der Waals surface area contributed by atoms with E-state index >= 15 is 0 Å². The summed E-state index contributed by atoms with van der Waals surface area (Å²) in [5.41, 5.74) is 1.79. The maximum atomic E-state index is 11.0. The molecular formula is C10H11NO2. The SMILES string of the molecule is CC1=[N+]([O-])OC(c2ccccc2)C1. The van der Waals surface area contributed by atoms with Crippen molar-refractivity contribution in [2.75, 3.05) is 0 Å². The zero-order valence-electron chi connectivity index (χ0n) is 7.43. The Morgan fingerprint density at radius 1 is 1.38 bits per heavy atom. The zero-order chi connectivity index (χ0) is 9.26. The Kier molecular flexibility index (Phi) is 1.93. The molecule has 3 nitrogen and oxygen atoms in total. The first-order chi connectivity index (χ1) is 6.27. The molecule has 0 aliphatic carbocycles. The minimum absolute atomic E-state index is 0.0984. The van der Waals surface area contributed by atoms with Crippen LogP contribution in [0.25, 0.3) is 0 Å². The molecule has 0 N–H and O–H groups in total. The summed E-state index contributed by atoms with van der Waals surface area (Å²) in [5, 5.41) is 11.0. The second-order valence-corrected chi connectivity index (χ2v) is 3.20. The predicted octanol–water partition coefficient (Wildman–Crippen LogP) is 2.03. The van der Waals surface area contributed by atoms with E-state index in [1.807, 2.05) is 30.3 Å². The second kappa shape index (κ2) is 3.09. The van der Waals surface area contributed by atoms with Gasteiger partial charge in [-0.1, -0.05) is 30.3 Å². The van der Waals surface area contributed by atoms with Gasteiger partial charge in [-0.05, 0) is 5.56 Å². The fourth-order valence-corrected chi connectivity index (χ4v) is 1.43. The van der Waals surface area contributed by atoms with Gasteiger partial charge in [-0.25, -0.2) is 0 Å². The third-order valence-corrected chi connectivity index (χ3v) is 2.19.